The van der Waals surface area contributed by atoms with E-state index in [1.54, 1.807) is 30.4 Å². The SMILES string of the molecule is COC1(O)C=CC(/C=C/C(=O)c2ccccc2)=CC1. The maximum absolute atomic E-state index is 11.9. The van der Waals surface area contributed by atoms with Crippen molar-refractivity contribution in [3.05, 3.63) is 71.8 Å². The standard InChI is InChI=1S/C16H16O3/c1-19-16(18)11-9-13(10-12-16)7-8-15(17)14-5-3-2-4-6-14/h2-11,18H,12H2,1H3/b8-7+. The Kier molecular flexibility index (Phi) is 4.10. The Labute approximate surface area is 112 Å². The number of carbonyl (C=O) groups excluding carboxylic acids is 1. The Morgan fingerprint density at radius 1 is 1.37 bits per heavy atom. The first-order valence-electron chi connectivity index (χ1n) is 6.07. The predicted molar refractivity (Wildman–Crippen MR) is 73.7 cm³/mol. The summed E-state index contributed by atoms with van der Waals surface area (Å²) in [7, 11) is 1.46. The summed E-state index contributed by atoms with van der Waals surface area (Å²) in [4.78, 5) is 11.9. The van der Waals surface area contributed by atoms with E-state index in [-0.39, 0.29) is 5.78 Å². The van der Waals surface area contributed by atoms with Crippen LogP contribution >= 0.6 is 0 Å². The molecule has 0 amide bonds. The summed E-state index contributed by atoms with van der Waals surface area (Å²) in [5.41, 5.74) is 1.54. The monoisotopic (exact) mass is 256 g/mol. The van der Waals surface area contributed by atoms with Crippen LogP contribution in [0.2, 0.25) is 0 Å². The van der Waals surface area contributed by atoms with E-state index in [1.807, 2.05) is 24.3 Å². The lowest BCUT2D eigenvalue weighted by molar-refractivity contribution is -0.143. The van der Waals surface area contributed by atoms with Crippen molar-refractivity contribution >= 4 is 5.78 Å². The molecule has 0 radical (unpaired) electrons. The summed E-state index contributed by atoms with van der Waals surface area (Å²) in [6, 6.07) is 9.10. The van der Waals surface area contributed by atoms with E-state index < -0.39 is 5.79 Å². The molecule has 2 rings (SSSR count). The van der Waals surface area contributed by atoms with Crippen molar-refractivity contribution in [3.63, 3.8) is 0 Å². The van der Waals surface area contributed by atoms with Crippen molar-refractivity contribution in [2.75, 3.05) is 7.11 Å². The highest BCUT2D eigenvalue weighted by Crippen LogP contribution is 2.22. The van der Waals surface area contributed by atoms with Gasteiger partial charge in [0.2, 0.25) is 0 Å². The van der Waals surface area contributed by atoms with Gasteiger partial charge in [0.25, 0.3) is 0 Å². The fraction of sp³-hybridized carbons (Fsp3) is 0.188. The first-order chi connectivity index (χ1) is 9.13. The number of carbonyl (C=O) groups is 1. The molecule has 0 aliphatic heterocycles. The lowest BCUT2D eigenvalue weighted by Crippen LogP contribution is -2.28. The van der Waals surface area contributed by atoms with Crippen LogP contribution in [0, 0.1) is 0 Å². The molecule has 1 aliphatic carbocycles. The second-order valence-corrected chi connectivity index (χ2v) is 4.35. The minimum absolute atomic E-state index is 0.0394. The third-order valence-corrected chi connectivity index (χ3v) is 3.01. The molecule has 1 unspecified atom stereocenters. The van der Waals surface area contributed by atoms with Crippen molar-refractivity contribution in [2.45, 2.75) is 12.2 Å². The minimum atomic E-state index is -1.22. The van der Waals surface area contributed by atoms with Gasteiger partial charge < -0.3 is 9.84 Å². The van der Waals surface area contributed by atoms with Gasteiger partial charge in [-0.3, -0.25) is 4.79 Å². The van der Waals surface area contributed by atoms with Gasteiger partial charge in [-0.1, -0.05) is 48.6 Å². The van der Waals surface area contributed by atoms with Crippen LogP contribution in [-0.4, -0.2) is 23.8 Å². The Balaban J connectivity index is 2.02. The first-order valence-corrected chi connectivity index (χ1v) is 6.07. The fourth-order valence-corrected chi connectivity index (χ4v) is 1.77. The molecule has 1 aliphatic rings. The lowest BCUT2D eigenvalue weighted by Gasteiger charge is -2.23. The zero-order chi connectivity index (χ0) is 13.7. The number of rotatable bonds is 4. The highest BCUT2D eigenvalue weighted by Gasteiger charge is 2.23. The molecule has 0 saturated carbocycles. The Morgan fingerprint density at radius 3 is 2.68 bits per heavy atom. The Bertz CT molecular complexity index is 540. The van der Waals surface area contributed by atoms with Crippen molar-refractivity contribution in [1.29, 1.82) is 0 Å². The number of ether oxygens (including phenoxy) is 1. The normalized spacial score (nSPS) is 22.5. The van der Waals surface area contributed by atoms with Gasteiger partial charge in [-0.2, -0.15) is 0 Å². The van der Waals surface area contributed by atoms with Crippen LogP contribution in [0.1, 0.15) is 16.8 Å². The molecule has 0 heterocycles. The van der Waals surface area contributed by atoms with Crippen molar-refractivity contribution in [3.8, 4) is 0 Å². The second-order valence-electron chi connectivity index (χ2n) is 4.35. The molecule has 0 bridgehead atoms. The van der Waals surface area contributed by atoms with Crippen LogP contribution < -0.4 is 0 Å². The topological polar surface area (TPSA) is 46.5 Å². The average molecular weight is 256 g/mol. The van der Waals surface area contributed by atoms with E-state index in [2.05, 4.69) is 0 Å². The summed E-state index contributed by atoms with van der Waals surface area (Å²) in [6.45, 7) is 0. The number of hydrogen-bond donors (Lipinski definition) is 1. The molecule has 1 N–H and O–H groups in total. The van der Waals surface area contributed by atoms with Crippen LogP contribution in [0.25, 0.3) is 0 Å². The third kappa shape index (κ3) is 3.50. The van der Waals surface area contributed by atoms with E-state index in [0.717, 1.165) is 5.57 Å². The van der Waals surface area contributed by atoms with Gasteiger partial charge in [0.05, 0.1) is 0 Å². The maximum atomic E-state index is 11.9. The zero-order valence-corrected chi connectivity index (χ0v) is 10.7. The van der Waals surface area contributed by atoms with Crippen LogP contribution in [0.5, 0.6) is 0 Å². The van der Waals surface area contributed by atoms with Gasteiger partial charge in [0.1, 0.15) is 0 Å². The molecule has 1 aromatic rings. The summed E-state index contributed by atoms with van der Waals surface area (Å²) in [6.07, 6.45) is 8.79. The van der Waals surface area contributed by atoms with E-state index in [0.29, 0.717) is 12.0 Å². The number of benzene rings is 1. The van der Waals surface area contributed by atoms with Crippen molar-refractivity contribution in [2.24, 2.45) is 0 Å². The van der Waals surface area contributed by atoms with E-state index in [9.17, 15) is 9.90 Å². The highest BCUT2D eigenvalue weighted by atomic mass is 16.6. The number of aliphatic hydroxyl groups is 1. The zero-order valence-electron chi connectivity index (χ0n) is 10.7. The van der Waals surface area contributed by atoms with Crippen LogP contribution in [-0.2, 0) is 4.74 Å². The number of ketones is 1. The molecule has 19 heavy (non-hydrogen) atoms. The summed E-state index contributed by atoms with van der Waals surface area (Å²) in [5, 5.41) is 9.81. The van der Waals surface area contributed by atoms with Crippen LogP contribution in [0.4, 0.5) is 0 Å². The van der Waals surface area contributed by atoms with Gasteiger partial charge >= 0.3 is 0 Å². The molecular formula is C16H16O3. The van der Waals surface area contributed by atoms with Crippen LogP contribution in [0.3, 0.4) is 0 Å². The lowest BCUT2D eigenvalue weighted by atomic mass is 10.0. The quantitative estimate of drug-likeness (QED) is 0.512. The van der Waals surface area contributed by atoms with E-state index in [1.165, 1.54) is 13.2 Å². The van der Waals surface area contributed by atoms with E-state index in [4.69, 9.17) is 4.74 Å². The third-order valence-electron chi connectivity index (χ3n) is 3.01. The molecule has 0 saturated heterocycles. The molecular weight excluding hydrogens is 240 g/mol. The molecule has 0 fully saturated rings. The molecule has 0 spiro atoms. The van der Waals surface area contributed by atoms with Crippen LogP contribution in [0.15, 0.2) is 66.3 Å². The Hall–Kier alpha value is -1.97. The summed E-state index contributed by atoms with van der Waals surface area (Å²) >= 11 is 0. The van der Waals surface area contributed by atoms with Gasteiger partial charge in [-0.15, -0.1) is 0 Å². The van der Waals surface area contributed by atoms with Gasteiger partial charge in [-0.25, -0.2) is 0 Å². The van der Waals surface area contributed by atoms with Gasteiger partial charge in [0, 0.05) is 19.1 Å². The fourth-order valence-electron chi connectivity index (χ4n) is 1.77. The second kappa shape index (κ2) is 5.78. The number of allylic oxidation sites excluding steroid dienone is 4. The van der Waals surface area contributed by atoms with Crippen molar-refractivity contribution in [1.82, 2.24) is 0 Å². The average Bonchev–Trinajstić information content (AvgIpc) is 2.47. The minimum Gasteiger partial charge on any atom is -0.362 e. The number of methoxy groups -OCH3 is 1. The van der Waals surface area contributed by atoms with Crippen molar-refractivity contribution < 1.29 is 14.6 Å². The van der Waals surface area contributed by atoms with Gasteiger partial charge in [0.15, 0.2) is 11.6 Å². The summed E-state index contributed by atoms with van der Waals surface area (Å²) < 4.78 is 4.96. The molecule has 98 valence electrons. The maximum Gasteiger partial charge on any atom is 0.188 e. The van der Waals surface area contributed by atoms with Gasteiger partial charge in [-0.05, 0) is 17.7 Å². The number of hydrogen-bond acceptors (Lipinski definition) is 3. The first kappa shape index (κ1) is 13.5. The molecule has 1 aromatic carbocycles. The molecule has 3 nitrogen and oxygen atoms in total. The smallest absolute Gasteiger partial charge is 0.188 e. The Morgan fingerprint density at radius 2 is 2.11 bits per heavy atom. The summed E-state index contributed by atoms with van der Waals surface area (Å²) in [5.74, 6) is -1.26. The largest absolute Gasteiger partial charge is 0.362 e. The predicted octanol–water partition coefficient (Wildman–Crippen LogP) is 2.65. The molecule has 3 heteroatoms. The van der Waals surface area contributed by atoms with E-state index >= 15 is 0 Å². The highest BCUT2D eigenvalue weighted by molar-refractivity contribution is 6.04. The molecule has 0 aromatic heterocycles. The molecule has 1 atom stereocenters.